The van der Waals surface area contributed by atoms with E-state index in [9.17, 15) is 9.59 Å². The maximum Gasteiger partial charge on any atom is 0.251 e. The number of rotatable bonds is 9. The molecule has 7 heteroatoms. The molecule has 2 amide bonds. The summed E-state index contributed by atoms with van der Waals surface area (Å²) in [5.41, 5.74) is 4.85. The number of ether oxygens (including phenoxy) is 2. The lowest BCUT2D eigenvalue weighted by molar-refractivity contribution is -0.120. The Bertz CT molecular complexity index is 1070. The summed E-state index contributed by atoms with van der Waals surface area (Å²) in [5, 5.41) is 6.53. The number of benzene rings is 2. The first kappa shape index (κ1) is 22.4. The third-order valence-corrected chi connectivity index (χ3v) is 5.48. The van der Waals surface area contributed by atoms with E-state index < -0.39 is 0 Å². The van der Waals surface area contributed by atoms with Crippen molar-refractivity contribution in [2.75, 3.05) is 27.4 Å². The Morgan fingerprint density at radius 2 is 1.74 bits per heavy atom. The van der Waals surface area contributed by atoms with Crippen LogP contribution in [0.4, 0.5) is 0 Å². The Labute approximate surface area is 182 Å². The summed E-state index contributed by atoms with van der Waals surface area (Å²) in [4.78, 5) is 24.7. The third-order valence-electron chi connectivity index (χ3n) is 5.48. The smallest absolute Gasteiger partial charge is 0.251 e. The molecule has 3 rings (SSSR count). The molecule has 164 valence electrons. The molecule has 0 aliphatic rings. The van der Waals surface area contributed by atoms with E-state index in [0.717, 1.165) is 40.0 Å². The summed E-state index contributed by atoms with van der Waals surface area (Å²) in [5.74, 6) is 0.241. The van der Waals surface area contributed by atoms with Gasteiger partial charge in [0, 0.05) is 42.4 Å². The van der Waals surface area contributed by atoms with Crippen LogP contribution in [-0.2, 0) is 22.6 Å². The summed E-state index contributed by atoms with van der Waals surface area (Å²) in [6.45, 7) is 5.80. The van der Waals surface area contributed by atoms with Gasteiger partial charge < -0.3 is 24.7 Å². The molecule has 7 nitrogen and oxygen atoms in total. The van der Waals surface area contributed by atoms with E-state index in [-0.39, 0.29) is 18.4 Å². The zero-order valence-electron chi connectivity index (χ0n) is 18.5. The van der Waals surface area contributed by atoms with Gasteiger partial charge in [-0.15, -0.1) is 0 Å². The van der Waals surface area contributed by atoms with Crippen molar-refractivity contribution < 1.29 is 19.1 Å². The van der Waals surface area contributed by atoms with E-state index >= 15 is 0 Å². The molecular weight excluding hydrogens is 394 g/mol. The first-order chi connectivity index (χ1) is 14.9. The monoisotopic (exact) mass is 423 g/mol. The van der Waals surface area contributed by atoms with Crippen LogP contribution < -0.4 is 15.4 Å². The summed E-state index contributed by atoms with van der Waals surface area (Å²) in [7, 11) is 3.29. The fraction of sp³-hybridized carbons (Fsp3) is 0.333. The number of nitrogens with zero attached hydrogens (tertiary/aromatic N) is 1. The fourth-order valence-corrected chi connectivity index (χ4v) is 3.53. The molecule has 31 heavy (non-hydrogen) atoms. The number of hydrogen-bond donors (Lipinski definition) is 2. The number of aryl methyl sites for hydroxylation is 1. The van der Waals surface area contributed by atoms with Crippen LogP contribution in [0.3, 0.4) is 0 Å². The zero-order chi connectivity index (χ0) is 22.4. The molecule has 0 aliphatic carbocycles. The minimum atomic E-state index is -0.275. The summed E-state index contributed by atoms with van der Waals surface area (Å²) < 4.78 is 12.5. The molecule has 0 saturated carbocycles. The number of hydrogen-bond acceptors (Lipinski definition) is 4. The number of amides is 2. The lowest BCUT2D eigenvalue weighted by atomic mass is 10.1. The molecular formula is C24H29N3O4. The van der Waals surface area contributed by atoms with Gasteiger partial charge in [-0.25, -0.2) is 0 Å². The first-order valence-electron chi connectivity index (χ1n) is 10.2. The van der Waals surface area contributed by atoms with E-state index in [1.807, 2.05) is 36.4 Å². The molecule has 0 atom stereocenters. The van der Waals surface area contributed by atoms with Gasteiger partial charge in [-0.1, -0.05) is 12.1 Å². The molecule has 0 aliphatic heterocycles. The van der Waals surface area contributed by atoms with E-state index in [2.05, 4.69) is 29.0 Å². The highest BCUT2D eigenvalue weighted by Crippen LogP contribution is 2.26. The summed E-state index contributed by atoms with van der Waals surface area (Å²) >= 11 is 0. The lowest BCUT2D eigenvalue weighted by Gasteiger charge is -2.09. The highest BCUT2D eigenvalue weighted by atomic mass is 16.5. The minimum absolute atomic E-state index is 0.0834. The van der Waals surface area contributed by atoms with Gasteiger partial charge in [-0.2, -0.15) is 0 Å². The van der Waals surface area contributed by atoms with Gasteiger partial charge in [0.25, 0.3) is 5.91 Å². The van der Waals surface area contributed by atoms with Crippen molar-refractivity contribution in [2.24, 2.45) is 0 Å². The largest absolute Gasteiger partial charge is 0.497 e. The Hall–Kier alpha value is -3.32. The van der Waals surface area contributed by atoms with Crippen LogP contribution >= 0.6 is 0 Å². The van der Waals surface area contributed by atoms with E-state index in [4.69, 9.17) is 9.47 Å². The first-order valence-corrected chi connectivity index (χ1v) is 10.2. The topological polar surface area (TPSA) is 81.6 Å². The van der Waals surface area contributed by atoms with Crippen molar-refractivity contribution in [1.82, 2.24) is 15.2 Å². The molecule has 3 aromatic rings. The average molecular weight is 424 g/mol. The predicted octanol–water partition coefficient (Wildman–Crippen LogP) is 2.96. The highest BCUT2D eigenvalue weighted by molar-refractivity contribution is 6.00. The second-order valence-electron chi connectivity index (χ2n) is 7.39. The molecule has 1 aromatic heterocycles. The van der Waals surface area contributed by atoms with Crippen molar-refractivity contribution in [3.05, 3.63) is 64.8 Å². The Balaban J connectivity index is 1.59. The minimum Gasteiger partial charge on any atom is -0.497 e. The lowest BCUT2D eigenvalue weighted by Crippen LogP contribution is -2.36. The van der Waals surface area contributed by atoms with Crippen LogP contribution in [0.5, 0.6) is 5.75 Å². The fourth-order valence-electron chi connectivity index (χ4n) is 3.53. The van der Waals surface area contributed by atoms with Crippen LogP contribution in [0, 0.1) is 13.8 Å². The summed E-state index contributed by atoms with van der Waals surface area (Å²) in [6.07, 6.45) is 0. The van der Waals surface area contributed by atoms with Crippen LogP contribution in [0.2, 0.25) is 0 Å². The number of aromatic nitrogens is 1. The molecule has 2 aromatic carbocycles. The van der Waals surface area contributed by atoms with Crippen molar-refractivity contribution in [3.63, 3.8) is 0 Å². The second kappa shape index (κ2) is 10.1. The van der Waals surface area contributed by atoms with Gasteiger partial charge in [0.1, 0.15) is 5.75 Å². The van der Waals surface area contributed by atoms with Gasteiger partial charge in [-0.05, 0) is 55.3 Å². The molecule has 0 fully saturated rings. The van der Waals surface area contributed by atoms with Crippen molar-refractivity contribution in [1.29, 1.82) is 0 Å². The number of nitrogens with one attached hydrogen (secondary N) is 2. The van der Waals surface area contributed by atoms with Gasteiger partial charge >= 0.3 is 0 Å². The maximum absolute atomic E-state index is 12.6. The van der Waals surface area contributed by atoms with E-state index in [0.29, 0.717) is 18.7 Å². The quantitative estimate of drug-likeness (QED) is 0.554. The van der Waals surface area contributed by atoms with Gasteiger partial charge in [0.2, 0.25) is 5.91 Å². The predicted molar refractivity (Wildman–Crippen MR) is 120 cm³/mol. The molecule has 0 saturated heterocycles. The maximum atomic E-state index is 12.6. The van der Waals surface area contributed by atoms with Crippen LogP contribution in [-0.4, -0.2) is 43.8 Å². The standard InChI is InChI=1S/C24H29N3O4/c1-16-17(2)27(11-12-30-3)22-10-7-19(13-21(16)22)24(29)26-15-23(28)25-14-18-5-8-20(31-4)9-6-18/h5-10,13H,11-12,14-15H2,1-4H3,(H,25,28)(H,26,29). The van der Waals surface area contributed by atoms with Gasteiger partial charge in [0.15, 0.2) is 0 Å². The highest BCUT2D eigenvalue weighted by Gasteiger charge is 2.14. The summed E-state index contributed by atoms with van der Waals surface area (Å²) in [6, 6.07) is 13.1. The van der Waals surface area contributed by atoms with E-state index in [1.165, 1.54) is 0 Å². The van der Waals surface area contributed by atoms with Gasteiger partial charge in [0.05, 0.1) is 20.3 Å². The number of carbonyl (C=O) groups is 2. The normalized spacial score (nSPS) is 10.8. The van der Waals surface area contributed by atoms with Crippen LogP contribution in [0.1, 0.15) is 27.2 Å². The van der Waals surface area contributed by atoms with Gasteiger partial charge in [-0.3, -0.25) is 9.59 Å². The molecule has 1 heterocycles. The Kier molecular flexibility index (Phi) is 7.31. The number of carbonyl (C=O) groups excluding carboxylic acids is 2. The second-order valence-corrected chi connectivity index (χ2v) is 7.39. The van der Waals surface area contributed by atoms with Crippen molar-refractivity contribution >= 4 is 22.7 Å². The number of methoxy groups -OCH3 is 2. The molecule has 0 spiro atoms. The van der Waals surface area contributed by atoms with Crippen LogP contribution in [0.25, 0.3) is 10.9 Å². The zero-order valence-corrected chi connectivity index (χ0v) is 18.5. The number of fused-ring (bicyclic) bond motifs is 1. The average Bonchev–Trinajstić information content (AvgIpc) is 3.04. The Morgan fingerprint density at radius 3 is 2.42 bits per heavy atom. The Morgan fingerprint density at radius 1 is 1.00 bits per heavy atom. The third kappa shape index (κ3) is 5.24. The molecule has 0 radical (unpaired) electrons. The SMILES string of the molecule is COCCn1c(C)c(C)c2cc(C(=O)NCC(=O)NCc3ccc(OC)cc3)ccc21. The van der Waals surface area contributed by atoms with E-state index in [1.54, 1.807) is 20.3 Å². The molecule has 0 bridgehead atoms. The molecule has 2 N–H and O–H groups in total. The van der Waals surface area contributed by atoms with Crippen molar-refractivity contribution in [2.45, 2.75) is 26.9 Å². The van der Waals surface area contributed by atoms with Crippen LogP contribution in [0.15, 0.2) is 42.5 Å². The van der Waals surface area contributed by atoms with Crippen molar-refractivity contribution in [3.8, 4) is 5.75 Å². The molecule has 0 unspecified atom stereocenters.